The summed E-state index contributed by atoms with van der Waals surface area (Å²) in [5.41, 5.74) is 5.67. The average Bonchev–Trinajstić information content (AvgIpc) is 3.59. The first kappa shape index (κ1) is 42.6. The maximum absolute atomic E-state index is 14.4. The van der Waals surface area contributed by atoms with E-state index in [-0.39, 0.29) is 23.2 Å². The molecule has 3 aromatic carbocycles. The lowest BCUT2D eigenvalue weighted by molar-refractivity contribution is -0.144. The number of nitrogens with one attached hydrogen (secondary N) is 1. The molecule has 3 aliphatic carbocycles. The molecule has 0 bridgehead atoms. The van der Waals surface area contributed by atoms with Crippen LogP contribution in [0.15, 0.2) is 91.3 Å². The molecule has 4 aliphatic rings. The number of anilines is 2. The Bertz CT molecular complexity index is 2480. The summed E-state index contributed by atoms with van der Waals surface area (Å²) in [5.74, 6) is 3.18. The van der Waals surface area contributed by atoms with Crippen molar-refractivity contribution >= 4 is 35.0 Å². The number of carbonyl (C=O) groups is 2. The Labute approximate surface area is 375 Å². The number of carbonyl (C=O) groups excluding carboxylic acids is 1. The number of carboxylic acid groups (broad SMARTS) is 1. The molecule has 0 unspecified atom stereocenters. The molecular formula is C51H57ClN6O5. The van der Waals surface area contributed by atoms with Crippen LogP contribution in [0.2, 0.25) is 5.02 Å². The van der Waals surface area contributed by atoms with Gasteiger partial charge in [-0.25, -0.2) is 14.8 Å². The minimum Gasteiger partial charge on any atom is -0.496 e. The molecule has 3 atom stereocenters. The fourth-order valence-corrected chi connectivity index (χ4v) is 11.2. The van der Waals surface area contributed by atoms with Crippen molar-refractivity contribution in [1.82, 2.24) is 19.9 Å². The van der Waals surface area contributed by atoms with E-state index in [2.05, 4.69) is 46.2 Å². The zero-order valence-corrected chi connectivity index (χ0v) is 37.2. The number of amides is 1. The van der Waals surface area contributed by atoms with Crippen LogP contribution in [0.4, 0.5) is 11.5 Å². The van der Waals surface area contributed by atoms with E-state index in [1.807, 2.05) is 65.7 Å². The van der Waals surface area contributed by atoms with Gasteiger partial charge in [0.05, 0.1) is 19.3 Å². The van der Waals surface area contributed by atoms with E-state index in [0.717, 1.165) is 54.9 Å². The van der Waals surface area contributed by atoms with E-state index in [9.17, 15) is 14.7 Å². The predicted octanol–water partition coefficient (Wildman–Crippen LogP) is 9.63. The molecule has 9 rings (SSSR count). The average molecular weight is 870 g/mol. The van der Waals surface area contributed by atoms with E-state index in [4.69, 9.17) is 26.1 Å². The third-order valence-electron chi connectivity index (χ3n) is 14.4. The van der Waals surface area contributed by atoms with Gasteiger partial charge >= 0.3 is 5.97 Å². The highest BCUT2D eigenvalue weighted by molar-refractivity contribution is 6.30. The molecule has 1 amide bonds. The number of nitrogens with zero attached hydrogens (tertiary/aromatic N) is 5. The molecule has 1 spiro atoms. The normalized spacial score (nSPS) is 23.4. The highest BCUT2D eigenvalue weighted by Crippen LogP contribution is 2.56. The number of fused-ring (bicyclic) bond motifs is 3. The van der Waals surface area contributed by atoms with Crippen LogP contribution in [0.1, 0.15) is 97.5 Å². The minimum absolute atomic E-state index is 0.0171. The van der Waals surface area contributed by atoms with E-state index in [1.54, 1.807) is 25.4 Å². The second kappa shape index (κ2) is 17.8. The van der Waals surface area contributed by atoms with Crippen molar-refractivity contribution in [2.45, 2.75) is 88.5 Å². The summed E-state index contributed by atoms with van der Waals surface area (Å²) in [7, 11) is 1.64. The van der Waals surface area contributed by atoms with Gasteiger partial charge in [0, 0.05) is 66.1 Å². The molecule has 2 fully saturated rings. The van der Waals surface area contributed by atoms with Gasteiger partial charge in [-0.1, -0.05) is 49.7 Å². The zero-order chi connectivity index (χ0) is 43.7. The molecule has 1 saturated heterocycles. The smallest absolute Gasteiger partial charge is 0.329 e. The molecule has 0 radical (unpaired) electrons. The first-order valence-corrected chi connectivity index (χ1v) is 23.0. The molecule has 5 aromatic rings. The molecule has 1 aliphatic heterocycles. The number of aryl methyl sites for hydroxylation is 1. The number of carboxylic acids is 1. The van der Waals surface area contributed by atoms with E-state index < -0.39 is 11.5 Å². The van der Waals surface area contributed by atoms with Crippen molar-refractivity contribution in [3.05, 3.63) is 124 Å². The van der Waals surface area contributed by atoms with Gasteiger partial charge in [0.15, 0.2) is 5.82 Å². The zero-order valence-electron chi connectivity index (χ0n) is 36.5. The molecule has 1 saturated carbocycles. The van der Waals surface area contributed by atoms with Gasteiger partial charge in [0.1, 0.15) is 22.9 Å². The lowest BCUT2D eigenvalue weighted by atomic mass is 9.59. The Morgan fingerprint density at radius 3 is 2.51 bits per heavy atom. The highest BCUT2D eigenvalue weighted by Gasteiger charge is 2.54. The summed E-state index contributed by atoms with van der Waals surface area (Å²) < 4.78 is 12.2. The molecule has 63 heavy (non-hydrogen) atoms. The minimum atomic E-state index is -1.14. The van der Waals surface area contributed by atoms with Crippen molar-refractivity contribution in [1.29, 1.82) is 0 Å². The molecule has 3 heterocycles. The van der Waals surface area contributed by atoms with Crippen LogP contribution in [-0.2, 0) is 23.1 Å². The topological polar surface area (TPSA) is 130 Å². The van der Waals surface area contributed by atoms with Gasteiger partial charge in [-0.3, -0.25) is 9.78 Å². The van der Waals surface area contributed by atoms with Crippen LogP contribution in [0, 0.1) is 11.8 Å². The second-order valence-corrected chi connectivity index (χ2v) is 18.7. The molecule has 2 N–H and O–H groups in total. The molecule has 12 heteroatoms. The molecular weight excluding hydrogens is 812 g/mol. The van der Waals surface area contributed by atoms with Crippen LogP contribution in [0.3, 0.4) is 0 Å². The number of benzene rings is 3. The van der Waals surface area contributed by atoms with Crippen molar-refractivity contribution in [2.75, 3.05) is 50.1 Å². The molecule has 328 valence electrons. The standard InChI is InChI=1S/C51H57ClN6O5/c1-33(32-63-44-16-22-53-42-12-6-8-34(2)46(42)44)28-37-29-35-14-15-36(30-41(35)50(37)18-20-51(21-19-50,49(60)61)56-39-10-7-9-38(52)31-39)48(59)58-26-24-57(25-27-58)45-17-23-54-47(55-45)40-11-4-5-13-43(40)62-3/h4-5,7,9-11,13-17,22-23,30-31,33-34,37,56H,6,8,12,18-21,24-29,32H2,1-3H3,(H,60,61)/t33-,34-,37+,50?,51?/m1/s1. The largest absolute Gasteiger partial charge is 0.496 e. The van der Waals surface area contributed by atoms with Gasteiger partial charge in [-0.05, 0) is 147 Å². The number of aromatic nitrogens is 3. The summed E-state index contributed by atoms with van der Waals surface area (Å²) in [5, 5.41) is 14.8. The number of aliphatic carboxylic acids is 1. The quantitative estimate of drug-likeness (QED) is 0.125. The van der Waals surface area contributed by atoms with Gasteiger partial charge in [0.25, 0.3) is 5.91 Å². The van der Waals surface area contributed by atoms with Gasteiger partial charge in [-0.15, -0.1) is 0 Å². The van der Waals surface area contributed by atoms with Crippen LogP contribution in [0.5, 0.6) is 11.5 Å². The number of pyridine rings is 1. The monoisotopic (exact) mass is 868 g/mol. The fourth-order valence-electron chi connectivity index (χ4n) is 11.0. The van der Waals surface area contributed by atoms with Crippen LogP contribution >= 0.6 is 11.6 Å². The van der Waals surface area contributed by atoms with Crippen molar-refractivity contribution in [2.24, 2.45) is 11.8 Å². The Morgan fingerprint density at radius 1 is 0.937 bits per heavy atom. The Kier molecular flexibility index (Phi) is 12.1. The summed E-state index contributed by atoms with van der Waals surface area (Å²) in [4.78, 5) is 45.8. The SMILES string of the molecule is COc1ccccc1-c1nccc(N2CCN(C(=O)c3ccc4c(c3)C3(CCC(Nc5cccc(Cl)c5)(C(=O)O)CC3)[C@@H](C[C@@H](C)COc3ccnc5c3[C@H](C)CCC5)C4)CC2)n1. The van der Waals surface area contributed by atoms with E-state index >= 15 is 0 Å². The molecule has 11 nitrogen and oxygen atoms in total. The number of halogens is 1. The lowest BCUT2D eigenvalue weighted by Gasteiger charge is -2.47. The maximum atomic E-state index is 14.4. The third-order valence-corrected chi connectivity index (χ3v) is 14.7. The summed E-state index contributed by atoms with van der Waals surface area (Å²) in [6.45, 7) is 7.54. The Hall–Kier alpha value is -5.68. The number of para-hydroxylation sites is 1. The second-order valence-electron chi connectivity index (χ2n) is 18.3. The van der Waals surface area contributed by atoms with E-state index in [1.165, 1.54) is 16.7 Å². The van der Waals surface area contributed by atoms with Gasteiger partial charge < -0.3 is 29.7 Å². The van der Waals surface area contributed by atoms with Gasteiger partial charge in [-0.2, -0.15) is 0 Å². The van der Waals surface area contributed by atoms with Crippen molar-refractivity contribution in [3.8, 4) is 22.9 Å². The predicted molar refractivity (Wildman–Crippen MR) is 246 cm³/mol. The molecule has 2 aromatic heterocycles. The summed E-state index contributed by atoms with van der Waals surface area (Å²) in [6.07, 6.45) is 11.0. The Balaban J connectivity index is 0.939. The van der Waals surface area contributed by atoms with Crippen molar-refractivity contribution in [3.63, 3.8) is 0 Å². The van der Waals surface area contributed by atoms with E-state index in [0.29, 0.717) is 92.2 Å². The fraction of sp³-hybridized carbons (Fsp3) is 0.431. The Morgan fingerprint density at radius 2 is 1.73 bits per heavy atom. The summed E-state index contributed by atoms with van der Waals surface area (Å²) >= 11 is 6.34. The lowest BCUT2D eigenvalue weighted by Crippen LogP contribution is -2.53. The van der Waals surface area contributed by atoms with Crippen LogP contribution < -0.4 is 19.7 Å². The number of rotatable bonds is 12. The number of hydrogen-bond acceptors (Lipinski definition) is 9. The summed E-state index contributed by atoms with van der Waals surface area (Å²) in [6, 6.07) is 25.3. The highest BCUT2D eigenvalue weighted by atomic mass is 35.5. The van der Waals surface area contributed by atoms with Gasteiger partial charge in [0.2, 0.25) is 0 Å². The number of methoxy groups -OCH3 is 1. The first-order chi connectivity index (χ1) is 30.6. The van der Waals surface area contributed by atoms with Crippen LogP contribution in [-0.4, -0.2) is 82.3 Å². The number of ether oxygens (including phenoxy) is 2. The number of hydrogen-bond donors (Lipinski definition) is 2. The third kappa shape index (κ3) is 8.44. The maximum Gasteiger partial charge on any atom is 0.329 e. The van der Waals surface area contributed by atoms with Crippen molar-refractivity contribution < 1.29 is 24.2 Å². The number of piperazine rings is 1. The first-order valence-electron chi connectivity index (χ1n) is 22.6. The van der Waals surface area contributed by atoms with Crippen LogP contribution in [0.25, 0.3) is 11.4 Å².